The zero-order valence-electron chi connectivity index (χ0n) is 16.3. The Balaban J connectivity index is 1.98. The van der Waals surface area contributed by atoms with Crippen molar-refractivity contribution < 1.29 is 18.7 Å². The van der Waals surface area contributed by atoms with Crippen LogP contribution in [0.15, 0.2) is 41.2 Å². The number of benzene rings is 1. The molecule has 0 aliphatic heterocycles. The Morgan fingerprint density at radius 2 is 2.03 bits per heavy atom. The van der Waals surface area contributed by atoms with Crippen molar-refractivity contribution >= 4 is 52.4 Å². The van der Waals surface area contributed by atoms with Gasteiger partial charge in [-0.1, -0.05) is 6.07 Å². The second kappa shape index (κ2) is 9.64. The topological polar surface area (TPSA) is 77.4 Å². The number of thiazole rings is 1. The number of esters is 1. The van der Waals surface area contributed by atoms with Gasteiger partial charge in [-0.3, -0.25) is 14.2 Å². The summed E-state index contributed by atoms with van der Waals surface area (Å²) in [5.41, 5.74) is -0.115. The molecule has 0 aliphatic rings. The molecular weight excluding hydrogens is 427 g/mol. The fraction of sp³-hybridized carbons (Fsp3) is 0.190. The van der Waals surface area contributed by atoms with E-state index in [0.717, 1.165) is 21.1 Å². The largest absolute Gasteiger partial charge is 0.463 e. The summed E-state index contributed by atoms with van der Waals surface area (Å²) in [5.74, 6) is -1.60. The van der Waals surface area contributed by atoms with E-state index in [2.05, 4.69) is 5.32 Å². The van der Waals surface area contributed by atoms with Crippen LogP contribution in [0.4, 0.5) is 10.1 Å². The Morgan fingerprint density at radius 1 is 1.23 bits per heavy atom. The Bertz CT molecular complexity index is 1260. The Hall–Kier alpha value is -3.04. The van der Waals surface area contributed by atoms with Gasteiger partial charge in [-0.2, -0.15) is 0 Å². The SMILES string of the molecule is CCOC(=O)C=c1sc(=Cc2ccc(C)s2)c(=O)n1CC(=O)Nc1cccc(F)c1. The number of amides is 1. The third-order valence-corrected chi connectivity index (χ3v) is 5.92. The number of aryl methyl sites for hydroxylation is 1. The van der Waals surface area contributed by atoms with Gasteiger partial charge in [0, 0.05) is 15.4 Å². The highest BCUT2D eigenvalue weighted by molar-refractivity contribution is 7.13. The zero-order chi connectivity index (χ0) is 21.7. The number of ether oxygens (including phenoxy) is 1. The third-order valence-electron chi connectivity index (χ3n) is 3.91. The molecule has 0 bridgehead atoms. The molecule has 0 atom stereocenters. The average molecular weight is 447 g/mol. The van der Waals surface area contributed by atoms with Gasteiger partial charge in [0.05, 0.1) is 17.2 Å². The molecule has 0 fully saturated rings. The number of nitrogens with zero attached hydrogens (tertiary/aromatic N) is 1. The molecule has 2 heterocycles. The van der Waals surface area contributed by atoms with Crippen molar-refractivity contribution in [2.75, 3.05) is 11.9 Å². The van der Waals surface area contributed by atoms with Crippen LogP contribution < -0.4 is 20.1 Å². The smallest absolute Gasteiger partial charge is 0.333 e. The van der Waals surface area contributed by atoms with Crippen LogP contribution in [-0.4, -0.2) is 23.1 Å². The van der Waals surface area contributed by atoms with Gasteiger partial charge in [0.1, 0.15) is 17.0 Å². The lowest BCUT2D eigenvalue weighted by molar-refractivity contribution is -0.135. The van der Waals surface area contributed by atoms with E-state index in [1.165, 1.54) is 40.2 Å². The van der Waals surface area contributed by atoms with Gasteiger partial charge in [0.2, 0.25) is 5.91 Å². The summed E-state index contributed by atoms with van der Waals surface area (Å²) in [4.78, 5) is 39.3. The lowest BCUT2D eigenvalue weighted by Gasteiger charge is -2.06. The molecule has 2 aromatic heterocycles. The molecule has 0 radical (unpaired) electrons. The molecule has 3 aromatic rings. The van der Waals surface area contributed by atoms with Crippen molar-refractivity contribution in [2.45, 2.75) is 20.4 Å². The molecule has 0 spiro atoms. The van der Waals surface area contributed by atoms with Gasteiger partial charge < -0.3 is 10.1 Å². The van der Waals surface area contributed by atoms with Crippen molar-refractivity contribution in [3.8, 4) is 0 Å². The fourth-order valence-electron chi connectivity index (χ4n) is 2.65. The molecule has 9 heteroatoms. The Morgan fingerprint density at radius 3 is 2.70 bits per heavy atom. The minimum absolute atomic E-state index is 0.193. The Labute approximate surface area is 179 Å². The monoisotopic (exact) mass is 446 g/mol. The van der Waals surface area contributed by atoms with Crippen LogP contribution in [0, 0.1) is 12.7 Å². The summed E-state index contributed by atoms with van der Waals surface area (Å²) in [7, 11) is 0. The van der Waals surface area contributed by atoms with Crippen LogP contribution in [-0.2, 0) is 20.9 Å². The lowest BCUT2D eigenvalue weighted by Crippen LogP contribution is -2.36. The Kier molecular flexibility index (Phi) is 6.96. The van der Waals surface area contributed by atoms with Crippen molar-refractivity contribution in [1.29, 1.82) is 0 Å². The second-order valence-corrected chi connectivity index (χ2v) is 8.63. The van der Waals surface area contributed by atoms with E-state index in [1.807, 2.05) is 19.1 Å². The van der Waals surface area contributed by atoms with Gasteiger partial charge in [-0.15, -0.1) is 22.7 Å². The number of thiophene rings is 1. The first-order chi connectivity index (χ1) is 14.4. The molecule has 0 saturated carbocycles. The van der Waals surface area contributed by atoms with E-state index >= 15 is 0 Å². The molecule has 1 aromatic carbocycles. The van der Waals surface area contributed by atoms with Crippen LogP contribution in [0.3, 0.4) is 0 Å². The summed E-state index contributed by atoms with van der Waals surface area (Å²) in [5, 5.41) is 2.55. The fourth-order valence-corrected chi connectivity index (χ4v) is 4.56. The second-order valence-electron chi connectivity index (χ2n) is 6.24. The van der Waals surface area contributed by atoms with E-state index in [0.29, 0.717) is 9.20 Å². The van der Waals surface area contributed by atoms with Gasteiger partial charge in [0.15, 0.2) is 0 Å². The van der Waals surface area contributed by atoms with Crippen molar-refractivity contribution in [2.24, 2.45) is 0 Å². The van der Waals surface area contributed by atoms with Gasteiger partial charge >= 0.3 is 5.97 Å². The van der Waals surface area contributed by atoms with E-state index in [9.17, 15) is 18.8 Å². The van der Waals surface area contributed by atoms with Crippen LogP contribution in [0.5, 0.6) is 0 Å². The summed E-state index contributed by atoms with van der Waals surface area (Å²) >= 11 is 2.63. The van der Waals surface area contributed by atoms with Crippen molar-refractivity contribution in [3.63, 3.8) is 0 Å². The quantitative estimate of drug-likeness (QED) is 0.589. The molecule has 156 valence electrons. The first kappa shape index (κ1) is 21.7. The number of hydrogen-bond donors (Lipinski definition) is 1. The zero-order valence-corrected chi connectivity index (χ0v) is 17.9. The standard InChI is InChI=1S/C21H19FN2O4S2/c1-3-28-20(26)11-19-24(12-18(25)23-15-6-4-5-14(22)9-15)21(27)17(30-19)10-16-8-7-13(2)29-16/h4-11H,3,12H2,1-2H3,(H,23,25). The number of anilines is 1. The van der Waals surface area contributed by atoms with E-state index < -0.39 is 23.3 Å². The molecule has 0 aliphatic carbocycles. The van der Waals surface area contributed by atoms with Gasteiger partial charge in [-0.25, -0.2) is 9.18 Å². The number of halogens is 1. The number of carbonyl (C=O) groups excluding carboxylic acids is 2. The number of rotatable bonds is 6. The number of aromatic nitrogens is 1. The van der Waals surface area contributed by atoms with Crippen molar-refractivity contribution in [1.82, 2.24) is 4.57 Å². The molecular formula is C21H19FN2O4S2. The maximum absolute atomic E-state index is 13.3. The summed E-state index contributed by atoms with van der Waals surface area (Å²) in [6.07, 6.45) is 2.93. The summed E-state index contributed by atoms with van der Waals surface area (Å²) < 4.78 is 20.2. The maximum Gasteiger partial charge on any atom is 0.333 e. The van der Waals surface area contributed by atoms with Gasteiger partial charge in [0.25, 0.3) is 5.56 Å². The maximum atomic E-state index is 13.3. The first-order valence-electron chi connectivity index (χ1n) is 9.07. The van der Waals surface area contributed by atoms with Crippen LogP contribution in [0.1, 0.15) is 16.7 Å². The lowest BCUT2D eigenvalue weighted by atomic mass is 10.3. The predicted octanol–water partition coefficient (Wildman–Crippen LogP) is 2.23. The molecule has 1 amide bonds. The summed E-state index contributed by atoms with van der Waals surface area (Å²) in [6.45, 7) is 3.51. The van der Waals surface area contributed by atoms with Crippen LogP contribution >= 0.6 is 22.7 Å². The van der Waals surface area contributed by atoms with E-state index in [-0.39, 0.29) is 18.8 Å². The average Bonchev–Trinajstić information content (AvgIpc) is 3.20. The number of nitrogens with one attached hydrogen (secondary N) is 1. The molecule has 6 nitrogen and oxygen atoms in total. The molecule has 0 unspecified atom stereocenters. The molecule has 3 rings (SSSR count). The minimum atomic E-state index is -0.600. The molecule has 0 saturated heterocycles. The van der Waals surface area contributed by atoms with E-state index in [1.54, 1.807) is 19.1 Å². The van der Waals surface area contributed by atoms with E-state index in [4.69, 9.17) is 4.74 Å². The predicted molar refractivity (Wildman–Crippen MR) is 117 cm³/mol. The highest BCUT2D eigenvalue weighted by atomic mass is 32.1. The summed E-state index contributed by atoms with van der Waals surface area (Å²) in [6, 6.07) is 9.30. The van der Waals surface area contributed by atoms with Crippen molar-refractivity contribution in [3.05, 3.63) is 71.5 Å². The van der Waals surface area contributed by atoms with Crippen LogP contribution in [0.2, 0.25) is 0 Å². The molecule has 1 N–H and O–H groups in total. The van der Waals surface area contributed by atoms with Crippen LogP contribution in [0.25, 0.3) is 12.2 Å². The third kappa shape index (κ3) is 5.52. The normalized spacial score (nSPS) is 12.2. The first-order valence-corrected chi connectivity index (χ1v) is 10.7. The minimum Gasteiger partial charge on any atom is -0.463 e. The number of carbonyl (C=O) groups is 2. The highest BCUT2D eigenvalue weighted by Gasteiger charge is 2.12. The number of hydrogen-bond acceptors (Lipinski definition) is 6. The highest BCUT2D eigenvalue weighted by Crippen LogP contribution is 2.15. The molecule has 30 heavy (non-hydrogen) atoms. The van der Waals surface area contributed by atoms with Gasteiger partial charge in [-0.05, 0) is 50.3 Å².